The van der Waals surface area contributed by atoms with Gasteiger partial charge in [0.05, 0.1) is 19.8 Å². The maximum absolute atomic E-state index is 12.7. The molecule has 1 saturated heterocycles. The lowest BCUT2D eigenvalue weighted by Gasteiger charge is -2.33. The summed E-state index contributed by atoms with van der Waals surface area (Å²) in [5.74, 6) is 0.425. The molecule has 1 aliphatic rings. The van der Waals surface area contributed by atoms with E-state index in [0.717, 1.165) is 15.8 Å². The smallest absolute Gasteiger partial charge is 0.261 e. The van der Waals surface area contributed by atoms with Gasteiger partial charge >= 0.3 is 0 Å². The van der Waals surface area contributed by atoms with Crippen LogP contribution in [0.15, 0.2) is 36.8 Å². The van der Waals surface area contributed by atoms with Crippen molar-refractivity contribution in [3.63, 3.8) is 0 Å². The molecular formula is C18H19N5O3S. The molecule has 140 valence electrons. The van der Waals surface area contributed by atoms with Gasteiger partial charge in [0.2, 0.25) is 5.95 Å². The van der Waals surface area contributed by atoms with Gasteiger partial charge in [0.1, 0.15) is 15.8 Å². The van der Waals surface area contributed by atoms with Crippen LogP contribution in [0.2, 0.25) is 0 Å². The summed E-state index contributed by atoms with van der Waals surface area (Å²) < 4.78 is 6.03. The molecule has 1 amide bonds. The van der Waals surface area contributed by atoms with Gasteiger partial charge in [0, 0.05) is 42.6 Å². The van der Waals surface area contributed by atoms with E-state index in [2.05, 4.69) is 25.2 Å². The molecule has 0 aromatic carbocycles. The van der Waals surface area contributed by atoms with E-state index in [-0.39, 0.29) is 25.2 Å². The van der Waals surface area contributed by atoms with Gasteiger partial charge in [0.25, 0.3) is 5.91 Å². The molecule has 3 aromatic rings. The molecule has 0 saturated carbocycles. The van der Waals surface area contributed by atoms with Crippen molar-refractivity contribution in [1.29, 1.82) is 0 Å². The standard InChI is InChI=1S/C18H19N5O3S/c24-9-7-19-16(25)15-14(12-3-1-4-20-17(12)27-15)13-11-23(8-10-26-13)18-21-5-2-6-22-18/h1-6,13,24H,7-11H2,(H,19,25)/t13-/m0/s1. The van der Waals surface area contributed by atoms with Gasteiger partial charge < -0.3 is 20.1 Å². The average Bonchev–Trinajstić information content (AvgIpc) is 3.12. The maximum Gasteiger partial charge on any atom is 0.261 e. The molecule has 27 heavy (non-hydrogen) atoms. The van der Waals surface area contributed by atoms with Crippen molar-refractivity contribution in [2.45, 2.75) is 6.10 Å². The van der Waals surface area contributed by atoms with Crippen LogP contribution >= 0.6 is 11.3 Å². The molecular weight excluding hydrogens is 366 g/mol. The SMILES string of the molecule is O=C(NCCO)c1sc2ncccc2c1[C@@H]1CN(c2ncccn2)CCO1. The van der Waals surface area contributed by atoms with Crippen LogP contribution in [0.5, 0.6) is 0 Å². The molecule has 0 bridgehead atoms. The number of aromatic nitrogens is 3. The predicted molar refractivity (Wildman–Crippen MR) is 102 cm³/mol. The zero-order valence-electron chi connectivity index (χ0n) is 14.5. The third-order valence-electron chi connectivity index (χ3n) is 4.33. The Bertz CT molecular complexity index is 933. The van der Waals surface area contributed by atoms with Crippen LogP contribution in [0.3, 0.4) is 0 Å². The Balaban J connectivity index is 1.70. The van der Waals surface area contributed by atoms with E-state index < -0.39 is 0 Å². The fraction of sp³-hybridized carbons (Fsp3) is 0.333. The van der Waals surface area contributed by atoms with Crippen molar-refractivity contribution in [3.8, 4) is 0 Å². The van der Waals surface area contributed by atoms with E-state index in [1.807, 2.05) is 12.1 Å². The number of morpholine rings is 1. The number of ether oxygens (including phenoxy) is 1. The highest BCUT2D eigenvalue weighted by Gasteiger charge is 2.30. The molecule has 4 heterocycles. The summed E-state index contributed by atoms with van der Waals surface area (Å²) in [6.45, 7) is 1.84. The average molecular weight is 385 g/mol. The zero-order valence-corrected chi connectivity index (χ0v) is 15.4. The number of aliphatic hydroxyl groups is 1. The number of hydrogen-bond donors (Lipinski definition) is 2. The van der Waals surface area contributed by atoms with E-state index in [1.165, 1.54) is 11.3 Å². The molecule has 0 spiro atoms. The third kappa shape index (κ3) is 3.61. The number of hydrogen-bond acceptors (Lipinski definition) is 8. The van der Waals surface area contributed by atoms with Crippen molar-refractivity contribution < 1.29 is 14.6 Å². The Morgan fingerprint density at radius 2 is 2.11 bits per heavy atom. The topological polar surface area (TPSA) is 100 Å². The Morgan fingerprint density at radius 3 is 2.93 bits per heavy atom. The molecule has 3 aromatic heterocycles. The number of fused-ring (bicyclic) bond motifs is 1. The molecule has 2 N–H and O–H groups in total. The second-order valence-electron chi connectivity index (χ2n) is 6.03. The number of thiophene rings is 1. The van der Waals surface area contributed by atoms with Crippen molar-refractivity contribution >= 4 is 33.4 Å². The first-order valence-electron chi connectivity index (χ1n) is 8.68. The first-order valence-corrected chi connectivity index (χ1v) is 9.49. The molecule has 0 aliphatic carbocycles. The zero-order chi connectivity index (χ0) is 18.6. The molecule has 1 aliphatic heterocycles. The van der Waals surface area contributed by atoms with Crippen LogP contribution in [-0.2, 0) is 4.74 Å². The highest BCUT2D eigenvalue weighted by atomic mass is 32.1. The van der Waals surface area contributed by atoms with E-state index in [4.69, 9.17) is 9.84 Å². The van der Waals surface area contributed by atoms with E-state index in [9.17, 15) is 4.79 Å². The number of pyridine rings is 1. The van der Waals surface area contributed by atoms with E-state index in [1.54, 1.807) is 24.7 Å². The number of nitrogens with zero attached hydrogens (tertiary/aromatic N) is 4. The Kier molecular flexibility index (Phi) is 5.23. The molecule has 8 nitrogen and oxygen atoms in total. The minimum absolute atomic E-state index is 0.108. The molecule has 9 heteroatoms. The Hall–Kier alpha value is -2.62. The fourth-order valence-corrected chi connectivity index (χ4v) is 4.26. The first kappa shape index (κ1) is 17.8. The van der Waals surface area contributed by atoms with Gasteiger partial charge in [-0.3, -0.25) is 4.79 Å². The second-order valence-corrected chi connectivity index (χ2v) is 7.03. The first-order chi connectivity index (χ1) is 13.3. The third-order valence-corrected chi connectivity index (χ3v) is 5.46. The van der Waals surface area contributed by atoms with Gasteiger partial charge in [-0.05, 0) is 12.1 Å². The van der Waals surface area contributed by atoms with Crippen LogP contribution in [0.25, 0.3) is 10.2 Å². The van der Waals surface area contributed by atoms with Gasteiger partial charge in [-0.2, -0.15) is 0 Å². The largest absolute Gasteiger partial charge is 0.395 e. The molecule has 1 atom stereocenters. The predicted octanol–water partition coefficient (Wildman–Crippen LogP) is 1.39. The molecule has 1 fully saturated rings. The summed E-state index contributed by atoms with van der Waals surface area (Å²) in [5.41, 5.74) is 0.833. The lowest BCUT2D eigenvalue weighted by molar-refractivity contribution is 0.0396. The van der Waals surface area contributed by atoms with E-state index >= 15 is 0 Å². The Labute approximate surface area is 159 Å². The van der Waals surface area contributed by atoms with Gasteiger partial charge in [-0.1, -0.05) is 6.07 Å². The number of rotatable bonds is 5. The normalized spacial score (nSPS) is 17.2. The Morgan fingerprint density at radius 1 is 1.30 bits per heavy atom. The van der Waals surface area contributed by atoms with Crippen LogP contribution in [0.4, 0.5) is 5.95 Å². The monoisotopic (exact) mass is 385 g/mol. The van der Waals surface area contributed by atoms with Crippen LogP contribution in [0, 0.1) is 0 Å². The highest BCUT2D eigenvalue weighted by Crippen LogP contribution is 2.37. The summed E-state index contributed by atoms with van der Waals surface area (Å²) in [4.78, 5) is 29.1. The summed E-state index contributed by atoms with van der Waals surface area (Å²) in [6.07, 6.45) is 4.84. The van der Waals surface area contributed by atoms with Crippen molar-refractivity contribution in [2.75, 3.05) is 37.7 Å². The second kappa shape index (κ2) is 7.95. The van der Waals surface area contributed by atoms with Crippen molar-refractivity contribution in [3.05, 3.63) is 47.2 Å². The number of nitrogens with one attached hydrogen (secondary N) is 1. The minimum atomic E-state index is -0.296. The number of aliphatic hydroxyl groups excluding tert-OH is 1. The lowest BCUT2D eigenvalue weighted by atomic mass is 10.0. The lowest BCUT2D eigenvalue weighted by Crippen LogP contribution is -2.40. The highest BCUT2D eigenvalue weighted by molar-refractivity contribution is 7.20. The van der Waals surface area contributed by atoms with Crippen LogP contribution < -0.4 is 10.2 Å². The van der Waals surface area contributed by atoms with Crippen LogP contribution in [-0.4, -0.2) is 58.8 Å². The molecule has 0 unspecified atom stereocenters. The van der Waals surface area contributed by atoms with Gasteiger partial charge in [0.15, 0.2) is 0 Å². The van der Waals surface area contributed by atoms with E-state index in [0.29, 0.717) is 30.5 Å². The fourth-order valence-electron chi connectivity index (χ4n) is 3.15. The molecule has 4 rings (SSSR count). The molecule has 0 radical (unpaired) electrons. The maximum atomic E-state index is 12.7. The number of carbonyl (C=O) groups excluding carboxylic acids is 1. The quantitative estimate of drug-likeness (QED) is 0.684. The van der Waals surface area contributed by atoms with Gasteiger partial charge in [-0.25, -0.2) is 15.0 Å². The van der Waals surface area contributed by atoms with Crippen LogP contribution in [0.1, 0.15) is 21.3 Å². The van der Waals surface area contributed by atoms with Gasteiger partial charge in [-0.15, -0.1) is 11.3 Å². The summed E-state index contributed by atoms with van der Waals surface area (Å²) in [7, 11) is 0. The van der Waals surface area contributed by atoms with Crippen molar-refractivity contribution in [2.24, 2.45) is 0 Å². The number of amides is 1. The number of anilines is 1. The number of carbonyl (C=O) groups is 1. The minimum Gasteiger partial charge on any atom is -0.395 e. The summed E-state index contributed by atoms with van der Waals surface area (Å²) >= 11 is 1.34. The summed E-state index contributed by atoms with van der Waals surface area (Å²) in [5, 5.41) is 12.7. The van der Waals surface area contributed by atoms with Crippen molar-refractivity contribution in [1.82, 2.24) is 20.3 Å². The summed E-state index contributed by atoms with van der Waals surface area (Å²) in [6, 6.07) is 5.59.